The lowest BCUT2D eigenvalue weighted by Gasteiger charge is -2.13. The van der Waals surface area contributed by atoms with Crippen molar-refractivity contribution in [2.45, 2.75) is 56.3 Å². The number of hydrogen-bond donors (Lipinski definition) is 12. The maximum atomic E-state index is 13.0. The van der Waals surface area contributed by atoms with Gasteiger partial charge in [-0.2, -0.15) is 103 Å². The summed E-state index contributed by atoms with van der Waals surface area (Å²) < 4.78 is 40.1. The Kier molecular flexibility index (Phi) is 30.2. The quantitative estimate of drug-likeness (QED) is 0.0168. The number of nitrogens with zero attached hydrogens (tertiary/aromatic N) is 19. The van der Waals surface area contributed by atoms with Gasteiger partial charge in [-0.25, -0.2) is 0 Å². The second kappa shape index (κ2) is 43.7. The molecule has 31 nitrogen and oxygen atoms in total. The van der Waals surface area contributed by atoms with E-state index in [1.165, 1.54) is 33.7 Å². The second-order valence-electron chi connectivity index (χ2n) is 28.8. The molecule has 11 aromatic carbocycles. The van der Waals surface area contributed by atoms with Gasteiger partial charge in [0.25, 0.3) is 0 Å². The number of nitrogen functional groups attached to an aromatic ring is 6. The number of pyridine rings is 1. The van der Waals surface area contributed by atoms with Crippen molar-refractivity contribution in [1.82, 2.24) is 94.7 Å². The van der Waals surface area contributed by atoms with Gasteiger partial charge in [0, 0.05) is 72.0 Å². The zero-order chi connectivity index (χ0) is 93.9. The minimum Gasteiger partial charge on any atom is -0.368 e. The van der Waals surface area contributed by atoms with Crippen LogP contribution >= 0.6 is 99.0 Å². The lowest BCUT2D eigenvalue weighted by atomic mass is 10.1. The van der Waals surface area contributed by atoms with E-state index < -0.39 is 11.7 Å². The van der Waals surface area contributed by atoms with Crippen LogP contribution in [0.1, 0.15) is 22.3 Å². The fourth-order valence-electron chi connectivity index (χ4n) is 12.4. The van der Waals surface area contributed by atoms with Crippen molar-refractivity contribution in [3.63, 3.8) is 0 Å². The van der Waals surface area contributed by atoms with Crippen LogP contribution in [0.3, 0.4) is 0 Å². The highest BCUT2D eigenvalue weighted by atomic mass is 127. The number of anilines is 18. The summed E-state index contributed by atoms with van der Waals surface area (Å²) in [7, 11) is 9.28. The van der Waals surface area contributed by atoms with E-state index in [0.29, 0.717) is 80.8 Å². The zero-order valence-corrected chi connectivity index (χ0v) is 78.7. The maximum Gasteiger partial charge on any atom is 0.416 e. The highest BCUT2D eigenvalue weighted by Crippen LogP contribution is 2.48. The molecule has 0 amide bonds. The molecule has 0 spiro atoms. The first-order valence-electron chi connectivity index (χ1n) is 40.5. The van der Waals surface area contributed by atoms with E-state index in [-0.39, 0.29) is 47.5 Å². The Morgan fingerprint density at radius 3 is 0.815 bits per heavy atom. The van der Waals surface area contributed by atoms with Crippen molar-refractivity contribution in [2.24, 2.45) is 0 Å². The van der Waals surface area contributed by atoms with Crippen molar-refractivity contribution >= 4 is 204 Å². The van der Waals surface area contributed by atoms with Crippen molar-refractivity contribution in [2.75, 3.05) is 66.3 Å². The summed E-state index contributed by atoms with van der Waals surface area (Å²) in [5.41, 5.74) is 47.7. The minimum absolute atomic E-state index is 0.0820. The molecule has 135 heavy (non-hydrogen) atoms. The van der Waals surface area contributed by atoms with Crippen LogP contribution in [0.5, 0.6) is 0 Å². The van der Waals surface area contributed by atoms with Crippen molar-refractivity contribution < 1.29 is 13.2 Å². The van der Waals surface area contributed by atoms with Gasteiger partial charge >= 0.3 is 6.18 Å². The minimum atomic E-state index is -4.45. The number of rotatable bonds is 27. The molecule has 0 fully saturated rings. The summed E-state index contributed by atoms with van der Waals surface area (Å²) in [5, 5.41) is 20.2. The highest BCUT2D eigenvalue weighted by Gasteiger charge is 2.30. The van der Waals surface area contributed by atoms with Gasteiger partial charge in [-0.1, -0.05) is 257 Å². The fourth-order valence-corrected chi connectivity index (χ4v) is 19.8. The number of aryl methyl sites for hydroxylation is 3. The van der Waals surface area contributed by atoms with Crippen LogP contribution < -0.4 is 66.3 Å². The van der Waals surface area contributed by atoms with Gasteiger partial charge in [-0.05, 0) is 159 Å². The van der Waals surface area contributed by atoms with Gasteiger partial charge in [0.05, 0.1) is 39.7 Å². The maximum absolute atomic E-state index is 13.0. The highest BCUT2D eigenvalue weighted by molar-refractivity contribution is 14.1. The third-order valence-corrected chi connectivity index (χ3v) is 27.1. The molecule has 0 unspecified atom stereocenters. The predicted octanol–water partition coefficient (Wildman–Crippen LogP) is 23.1. The lowest BCUT2D eigenvalue weighted by molar-refractivity contribution is -0.137. The van der Waals surface area contributed by atoms with E-state index >= 15 is 0 Å². The molecule has 18 aromatic rings. The van der Waals surface area contributed by atoms with Gasteiger partial charge in [-0.3, -0.25) is 4.98 Å². The zero-order valence-electron chi connectivity index (χ0n) is 70.9. The molecule has 0 bridgehead atoms. The topological polar surface area (TPSA) is 473 Å². The first kappa shape index (κ1) is 93.4. The van der Waals surface area contributed by atoms with Crippen LogP contribution in [-0.2, 0) is 6.18 Å². The number of benzene rings is 11. The Hall–Kier alpha value is -14.9. The van der Waals surface area contributed by atoms with Crippen molar-refractivity contribution in [3.05, 3.63) is 316 Å². The van der Waals surface area contributed by atoms with Gasteiger partial charge in [0.15, 0.2) is 34.9 Å². The molecule has 42 heteroatoms. The molecule has 0 saturated heterocycles. The molecule has 7 heterocycles. The monoisotopic (exact) mass is 2040 g/mol. The molecular weight excluding hydrogens is 1960 g/mol. The second-order valence-corrected chi connectivity index (χ2v) is 37.1. The molecule has 0 aliphatic heterocycles. The van der Waals surface area contributed by atoms with Crippen LogP contribution in [0, 0.1) is 24.3 Å². The van der Waals surface area contributed by atoms with Crippen molar-refractivity contribution in [3.8, 4) is 68.5 Å². The molecule has 0 radical (unpaired) electrons. The number of para-hydroxylation sites is 6. The third-order valence-electron chi connectivity index (χ3n) is 18.8. The molecule has 0 atom stereocenters. The predicted molar refractivity (Wildman–Crippen MR) is 546 cm³/mol. The summed E-state index contributed by atoms with van der Waals surface area (Å²) in [5.74, 6) is 4.71. The summed E-state index contributed by atoms with van der Waals surface area (Å²) >= 11 is 8.37. The molecule has 0 aliphatic carbocycles. The van der Waals surface area contributed by atoms with Crippen LogP contribution in [0.25, 0.3) is 68.5 Å². The standard InChI is InChI=1S/C32H25F3N10S2.C31H25ClN10S2.C30H24IN11S2/c1-18-10-12-19(13-11-18)26-40-28(36)44-30(42-26)38-22-6-2-4-8-24(22)46-47-25-9-5-3-7-23(25)39-31-43-27(41-29(37)45-31)20-14-16-21(17-15-20)32(33,34)35;1-18-8-6-9-19(16-18)26-37-28(33)41-30(39-26)35-22-12-2-4-14-24(22)43-44-25-15-5-3-13-23(25)36-31-40-27(38-29(34)42-31)20-10-7-11-21(32)17-20;1-17-10-12-18(13-11-17)25-37-27(32)41-29(39-25)35-20-6-2-4-8-23(20)43-44-24-9-5-3-7-21(24)36-30-40-26(38-28(33)42-30)22-15-14-19(31)16-34-22/h2-17H,1H3,(H3,36,38,40,42,44)(H3,37,39,41,43,45);2-17H,1H3,(H3,33,35,37,39,41)(H3,34,36,38,40,42);2-16H,1H3,(H3,32,35,37,39,41)(H3,33,36,38,40,42). The third kappa shape index (κ3) is 25.7. The fraction of sp³-hybridized carbons (Fsp3) is 0.0430. The Labute approximate surface area is 812 Å². The smallest absolute Gasteiger partial charge is 0.368 e. The Balaban J connectivity index is 0.000000147. The van der Waals surface area contributed by atoms with Crippen LogP contribution in [0.4, 0.5) is 119 Å². The summed E-state index contributed by atoms with van der Waals surface area (Å²) in [4.78, 5) is 88.7. The number of hydrogen-bond acceptors (Lipinski definition) is 37. The number of alkyl halides is 3. The first-order valence-corrected chi connectivity index (χ1v) is 48.4. The van der Waals surface area contributed by atoms with E-state index in [0.717, 1.165) is 112 Å². The number of halogens is 5. The van der Waals surface area contributed by atoms with Gasteiger partial charge < -0.3 is 66.3 Å². The average Bonchev–Trinajstić information content (AvgIpc) is 0.824. The first-order chi connectivity index (χ1) is 65.4. The van der Waals surface area contributed by atoms with Crippen molar-refractivity contribution in [1.29, 1.82) is 0 Å². The van der Waals surface area contributed by atoms with E-state index in [1.807, 2.05) is 263 Å². The Morgan fingerprint density at radius 2 is 0.533 bits per heavy atom. The van der Waals surface area contributed by atoms with Gasteiger partial charge in [0.2, 0.25) is 71.4 Å². The molecule has 7 aromatic heterocycles. The van der Waals surface area contributed by atoms with E-state index in [9.17, 15) is 13.2 Å². The summed E-state index contributed by atoms with van der Waals surface area (Å²) in [6.45, 7) is 6.05. The normalized spacial score (nSPS) is 11.0. The lowest BCUT2D eigenvalue weighted by Crippen LogP contribution is -2.06. The van der Waals surface area contributed by atoms with Gasteiger partial charge in [0.1, 0.15) is 5.69 Å². The molecule has 18 N–H and O–H groups in total. The largest absolute Gasteiger partial charge is 0.416 e. The van der Waals surface area contributed by atoms with E-state index in [4.69, 9.17) is 46.0 Å². The SMILES string of the molecule is Cc1ccc(-c2nc(N)nc(Nc3ccccc3SSc3ccccc3Nc3nc(N)nc(-c4ccc(C(F)(F)F)cc4)n3)n2)cc1.Cc1ccc(-c2nc(N)nc(Nc3ccccc3SSc3ccccc3Nc3nc(N)nc(-c4ccc(I)cn4)n3)n2)cc1.Cc1cccc(-c2nc(N)nc(Nc3ccccc3SSc3ccccc3Nc3nc(N)nc(-c4cccc(Cl)c4)n3)n2)c1. The number of nitrogens with one attached hydrogen (secondary N) is 6. The van der Waals surface area contributed by atoms with Crippen LogP contribution in [0.2, 0.25) is 5.02 Å². The summed E-state index contributed by atoms with van der Waals surface area (Å²) in [6, 6.07) is 86.1. The molecule has 672 valence electrons. The molecular formula is C93H74ClF3IN31S6. The molecule has 0 saturated carbocycles. The Morgan fingerprint density at radius 1 is 0.267 bits per heavy atom. The molecule has 18 rings (SSSR count). The van der Waals surface area contributed by atoms with E-state index in [2.05, 4.69) is 149 Å². The molecule has 0 aliphatic rings. The van der Waals surface area contributed by atoms with Gasteiger partial charge in [-0.15, -0.1) is 0 Å². The number of nitrogens with two attached hydrogens (primary N) is 6. The van der Waals surface area contributed by atoms with Crippen LogP contribution in [0.15, 0.2) is 315 Å². The average molecular weight is 2040 g/mol. The van der Waals surface area contributed by atoms with Crippen LogP contribution in [-0.4, -0.2) is 94.7 Å². The van der Waals surface area contributed by atoms with E-state index in [1.54, 1.807) is 61.5 Å². The summed E-state index contributed by atoms with van der Waals surface area (Å²) in [6.07, 6.45) is -2.71. The number of aromatic nitrogens is 19. The Bertz CT molecular complexity index is 6990.